The minimum Gasteiger partial charge on any atom is -0.368 e. The van der Waals surface area contributed by atoms with Crippen LogP contribution in [-0.2, 0) is 6.54 Å². The zero-order chi connectivity index (χ0) is 14.7. The number of rotatable bonds is 7. The molecule has 1 aromatic carbocycles. The molecule has 0 radical (unpaired) electrons. The molecule has 0 atom stereocenters. The van der Waals surface area contributed by atoms with Crippen LogP contribution in [0.25, 0.3) is 0 Å². The third-order valence-electron chi connectivity index (χ3n) is 3.81. The highest BCUT2D eigenvalue weighted by Gasteiger charge is 2.26. The van der Waals surface area contributed by atoms with Crippen molar-refractivity contribution in [3.63, 3.8) is 0 Å². The summed E-state index contributed by atoms with van der Waals surface area (Å²) >= 11 is 6.52. The zero-order valence-electron chi connectivity index (χ0n) is 13.1. The van der Waals surface area contributed by atoms with Crippen molar-refractivity contribution in [1.29, 1.82) is 0 Å². The summed E-state index contributed by atoms with van der Waals surface area (Å²) in [5.41, 5.74) is 2.43. The van der Waals surface area contributed by atoms with Gasteiger partial charge in [0, 0.05) is 25.2 Å². The van der Waals surface area contributed by atoms with Crippen LogP contribution in [0.2, 0.25) is 5.02 Å². The van der Waals surface area contributed by atoms with Crippen molar-refractivity contribution in [2.45, 2.75) is 59.2 Å². The van der Waals surface area contributed by atoms with Crippen LogP contribution in [0.5, 0.6) is 0 Å². The first-order valence-corrected chi connectivity index (χ1v) is 8.13. The fourth-order valence-corrected chi connectivity index (χ4v) is 2.69. The van der Waals surface area contributed by atoms with Crippen molar-refractivity contribution in [2.24, 2.45) is 5.92 Å². The lowest BCUT2D eigenvalue weighted by Gasteiger charge is -2.30. The average molecular weight is 295 g/mol. The molecule has 0 heterocycles. The largest absolute Gasteiger partial charge is 0.368 e. The van der Waals surface area contributed by atoms with Crippen molar-refractivity contribution in [2.75, 3.05) is 11.4 Å². The number of hydrogen-bond donors (Lipinski definition) is 1. The molecular formula is C17H27ClN2. The SMILES string of the molecule is CC(C)NCc1ccc(N(CC2CC2)C(C)C)c(Cl)c1. The van der Waals surface area contributed by atoms with E-state index in [0.29, 0.717) is 12.1 Å². The molecule has 0 bridgehead atoms. The number of nitrogens with zero attached hydrogens (tertiary/aromatic N) is 1. The summed E-state index contributed by atoms with van der Waals surface area (Å²) < 4.78 is 0. The lowest BCUT2D eigenvalue weighted by molar-refractivity contribution is 0.588. The monoisotopic (exact) mass is 294 g/mol. The summed E-state index contributed by atoms with van der Waals surface area (Å²) in [7, 11) is 0. The summed E-state index contributed by atoms with van der Waals surface area (Å²) in [6, 6.07) is 7.47. The molecule has 1 saturated carbocycles. The standard InChI is InChI=1S/C17H27ClN2/c1-12(2)19-10-15-7-8-17(16(18)9-15)20(13(3)4)11-14-5-6-14/h7-9,12-14,19H,5-6,10-11H2,1-4H3. The van der Waals surface area contributed by atoms with Gasteiger partial charge >= 0.3 is 0 Å². The Morgan fingerprint density at radius 2 is 1.95 bits per heavy atom. The van der Waals surface area contributed by atoms with E-state index in [0.717, 1.165) is 24.0 Å². The lowest BCUT2D eigenvalue weighted by Crippen LogP contribution is -2.33. The molecule has 0 aliphatic heterocycles. The van der Waals surface area contributed by atoms with Gasteiger partial charge in [0.2, 0.25) is 0 Å². The molecule has 0 unspecified atom stereocenters. The van der Waals surface area contributed by atoms with Gasteiger partial charge in [0.05, 0.1) is 10.7 Å². The number of benzene rings is 1. The van der Waals surface area contributed by atoms with Crippen molar-refractivity contribution in [3.05, 3.63) is 28.8 Å². The molecule has 112 valence electrons. The Labute approximate surface area is 128 Å². The van der Waals surface area contributed by atoms with E-state index in [1.54, 1.807) is 0 Å². The Morgan fingerprint density at radius 1 is 1.25 bits per heavy atom. The van der Waals surface area contributed by atoms with Gasteiger partial charge in [0.1, 0.15) is 0 Å². The highest BCUT2D eigenvalue weighted by molar-refractivity contribution is 6.33. The Bertz CT molecular complexity index is 439. The van der Waals surface area contributed by atoms with E-state index >= 15 is 0 Å². The van der Waals surface area contributed by atoms with Crippen molar-refractivity contribution in [1.82, 2.24) is 5.32 Å². The Hall–Kier alpha value is -0.730. The Balaban J connectivity index is 2.09. The summed E-state index contributed by atoms with van der Waals surface area (Å²) in [6.07, 6.45) is 2.74. The maximum atomic E-state index is 6.52. The fourth-order valence-electron chi connectivity index (χ4n) is 2.38. The minimum absolute atomic E-state index is 0.493. The molecule has 0 amide bonds. The van der Waals surface area contributed by atoms with Crippen molar-refractivity contribution >= 4 is 17.3 Å². The zero-order valence-corrected chi connectivity index (χ0v) is 13.9. The average Bonchev–Trinajstić information content (AvgIpc) is 3.18. The van der Waals surface area contributed by atoms with Crippen LogP contribution in [0, 0.1) is 5.92 Å². The van der Waals surface area contributed by atoms with E-state index < -0.39 is 0 Å². The molecule has 2 nitrogen and oxygen atoms in total. The van der Waals surface area contributed by atoms with E-state index in [1.807, 2.05) is 0 Å². The van der Waals surface area contributed by atoms with Crippen LogP contribution in [0.4, 0.5) is 5.69 Å². The van der Waals surface area contributed by atoms with Crippen LogP contribution < -0.4 is 10.2 Å². The quantitative estimate of drug-likeness (QED) is 0.798. The molecule has 0 saturated heterocycles. The molecule has 20 heavy (non-hydrogen) atoms. The number of halogens is 1. The highest BCUT2D eigenvalue weighted by atomic mass is 35.5. The molecule has 2 rings (SSSR count). The number of nitrogens with one attached hydrogen (secondary N) is 1. The molecule has 1 aromatic rings. The van der Waals surface area contributed by atoms with Crippen LogP contribution in [0.1, 0.15) is 46.1 Å². The fraction of sp³-hybridized carbons (Fsp3) is 0.647. The summed E-state index contributed by atoms with van der Waals surface area (Å²) in [4.78, 5) is 2.44. The second kappa shape index (κ2) is 6.82. The smallest absolute Gasteiger partial charge is 0.0642 e. The minimum atomic E-state index is 0.493. The molecule has 0 aromatic heterocycles. The summed E-state index contributed by atoms with van der Waals surface area (Å²) in [5, 5.41) is 4.31. The molecule has 1 fully saturated rings. The molecular weight excluding hydrogens is 268 g/mol. The van der Waals surface area contributed by atoms with E-state index in [1.165, 1.54) is 24.1 Å². The van der Waals surface area contributed by atoms with Crippen LogP contribution in [-0.4, -0.2) is 18.6 Å². The number of anilines is 1. The molecule has 0 spiro atoms. The van der Waals surface area contributed by atoms with Crippen LogP contribution in [0.15, 0.2) is 18.2 Å². The Kier molecular flexibility index (Phi) is 5.34. The summed E-state index contributed by atoms with van der Waals surface area (Å²) in [6.45, 7) is 10.8. The first kappa shape index (κ1) is 15.7. The molecule has 1 aliphatic rings. The first-order chi connectivity index (χ1) is 9.47. The second-order valence-corrected chi connectivity index (χ2v) is 6.92. The lowest BCUT2D eigenvalue weighted by atomic mass is 10.1. The van der Waals surface area contributed by atoms with Gasteiger partial charge in [0.25, 0.3) is 0 Å². The second-order valence-electron chi connectivity index (χ2n) is 6.51. The number of hydrogen-bond acceptors (Lipinski definition) is 2. The third kappa shape index (κ3) is 4.39. The van der Waals surface area contributed by atoms with Gasteiger partial charge in [-0.25, -0.2) is 0 Å². The van der Waals surface area contributed by atoms with Crippen molar-refractivity contribution < 1.29 is 0 Å². The Morgan fingerprint density at radius 3 is 2.45 bits per heavy atom. The van der Waals surface area contributed by atoms with Gasteiger partial charge < -0.3 is 10.2 Å². The van der Waals surface area contributed by atoms with Crippen molar-refractivity contribution in [3.8, 4) is 0 Å². The molecule has 3 heteroatoms. The predicted octanol–water partition coefficient (Wildman–Crippen LogP) is 4.46. The van der Waals surface area contributed by atoms with Gasteiger partial charge in [-0.1, -0.05) is 31.5 Å². The predicted molar refractivity (Wildman–Crippen MR) is 88.6 cm³/mol. The van der Waals surface area contributed by atoms with E-state index in [4.69, 9.17) is 11.6 Å². The maximum absolute atomic E-state index is 6.52. The van der Waals surface area contributed by atoms with E-state index in [2.05, 4.69) is 56.1 Å². The molecule has 1 aliphatic carbocycles. The van der Waals surface area contributed by atoms with E-state index in [9.17, 15) is 0 Å². The third-order valence-corrected chi connectivity index (χ3v) is 4.11. The van der Waals surface area contributed by atoms with Gasteiger partial charge in [-0.05, 0) is 50.3 Å². The highest BCUT2D eigenvalue weighted by Crippen LogP contribution is 2.35. The first-order valence-electron chi connectivity index (χ1n) is 7.75. The molecule has 1 N–H and O–H groups in total. The van der Waals surface area contributed by atoms with Gasteiger partial charge in [-0.3, -0.25) is 0 Å². The van der Waals surface area contributed by atoms with Crippen LogP contribution >= 0.6 is 11.6 Å². The summed E-state index contributed by atoms with van der Waals surface area (Å²) in [5.74, 6) is 0.871. The van der Waals surface area contributed by atoms with Gasteiger partial charge in [-0.15, -0.1) is 0 Å². The van der Waals surface area contributed by atoms with Gasteiger partial charge in [0.15, 0.2) is 0 Å². The van der Waals surface area contributed by atoms with Crippen LogP contribution in [0.3, 0.4) is 0 Å². The van der Waals surface area contributed by atoms with Gasteiger partial charge in [-0.2, -0.15) is 0 Å². The van der Waals surface area contributed by atoms with E-state index in [-0.39, 0.29) is 0 Å². The topological polar surface area (TPSA) is 15.3 Å². The maximum Gasteiger partial charge on any atom is 0.0642 e. The normalized spacial score (nSPS) is 15.2.